The van der Waals surface area contributed by atoms with E-state index >= 15 is 0 Å². The van der Waals surface area contributed by atoms with Crippen molar-refractivity contribution in [2.45, 2.75) is 45.1 Å². The summed E-state index contributed by atoms with van der Waals surface area (Å²) in [7, 11) is 0. The minimum atomic E-state index is 0.301. The van der Waals surface area contributed by atoms with Gasteiger partial charge in [-0.3, -0.25) is 4.98 Å². The quantitative estimate of drug-likeness (QED) is 0.783. The van der Waals surface area contributed by atoms with Gasteiger partial charge in [0.05, 0.1) is 0 Å². The largest absolute Gasteiger partial charge is 0.313 e. The van der Waals surface area contributed by atoms with E-state index in [1.54, 1.807) is 0 Å². The summed E-state index contributed by atoms with van der Waals surface area (Å²) in [6, 6.07) is 4.69. The SMILES string of the molecule is CCCNC(CSc1ccncc1)C(C)(C)C. The van der Waals surface area contributed by atoms with Gasteiger partial charge >= 0.3 is 0 Å². The normalized spacial score (nSPS) is 13.6. The summed E-state index contributed by atoms with van der Waals surface area (Å²) in [5.74, 6) is 1.10. The maximum atomic E-state index is 4.04. The smallest absolute Gasteiger partial charge is 0.0278 e. The molecule has 0 fully saturated rings. The van der Waals surface area contributed by atoms with Gasteiger partial charge in [0.2, 0.25) is 0 Å². The molecule has 0 radical (unpaired) electrons. The van der Waals surface area contributed by atoms with Gasteiger partial charge < -0.3 is 5.32 Å². The summed E-state index contributed by atoms with van der Waals surface area (Å²) in [5, 5.41) is 3.64. The molecule has 2 nitrogen and oxygen atoms in total. The van der Waals surface area contributed by atoms with Crippen molar-refractivity contribution < 1.29 is 0 Å². The Morgan fingerprint density at radius 2 is 1.94 bits per heavy atom. The lowest BCUT2D eigenvalue weighted by atomic mass is 9.88. The van der Waals surface area contributed by atoms with Gasteiger partial charge in [-0.15, -0.1) is 11.8 Å². The average Bonchev–Trinajstić information content (AvgIpc) is 2.29. The van der Waals surface area contributed by atoms with E-state index < -0.39 is 0 Å². The molecule has 1 rings (SSSR count). The molecule has 3 heteroatoms. The van der Waals surface area contributed by atoms with Gasteiger partial charge in [-0.25, -0.2) is 0 Å². The number of pyridine rings is 1. The number of rotatable bonds is 6. The minimum absolute atomic E-state index is 0.301. The Kier molecular flexibility index (Phi) is 6.00. The van der Waals surface area contributed by atoms with Crippen LogP contribution in [-0.4, -0.2) is 23.3 Å². The molecular weight excluding hydrogens is 228 g/mol. The second-order valence-corrected chi connectivity index (χ2v) is 6.46. The fourth-order valence-electron chi connectivity index (χ4n) is 1.55. The Bertz CT molecular complexity index is 306. The predicted molar refractivity (Wildman–Crippen MR) is 76.5 cm³/mol. The maximum absolute atomic E-state index is 4.04. The predicted octanol–water partition coefficient (Wildman–Crippen LogP) is 3.59. The summed E-state index contributed by atoms with van der Waals surface area (Å²) in [6.07, 6.45) is 4.90. The van der Waals surface area contributed by atoms with Crippen LogP contribution in [0.15, 0.2) is 29.4 Å². The van der Waals surface area contributed by atoms with Crippen molar-refractivity contribution in [3.05, 3.63) is 24.5 Å². The highest BCUT2D eigenvalue weighted by molar-refractivity contribution is 7.99. The molecule has 0 aliphatic heterocycles. The number of hydrogen-bond acceptors (Lipinski definition) is 3. The van der Waals surface area contributed by atoms with Crippen LogP contribution in [0.3, 0.4) is 0 Å². The first-order chi connectivity index (χ1) is 8.04. The highest BCUT2D eigenvalue weighted by Crippen LogP contribution is 2.26. The maximum Gasteiger partial charge on any atom is 0.0278 e. The Morgan fingerprint density at radius 3 is 2.47 bits per heavy atom. The highest BCUT2D eigenvalue weighted by atomic mass is 32.2. The number of nitrogens with one attached hydrogen (secondary N) is 1. The molecule has 1 N–H and O–H groups in total. The van der Waals surface area contributed by atoms with Gasteiger partial charge in [0.25, 0.3) is 0 Å². The number of nitrogens with zero attached hydrogens (tertiary/aromatic N) is 1. The van der Waals surface area contributed by atoms with Gasteiger partial charge in [0.15, 0.2) is 0 Å². The fourth-order valence-corrected chi connectivity index (χ4v) is 2.84. The van der Waals surface area contributed by atoms with Crippen molar-refractivity contribution in [2.24, 2.45) is 5.41 Å². The van der Waals surface area contributed by atoms with Gasteiger partial charge in [-0.2, -0.15) is 0 Å². The number of aromatic nitrogens is 1. The summed E-state index contributed by atoms with van der Waals surface area (Å²) < 4.78 is 0. The van der Waals surface area contributed by atoms with E-state index in [4.69, 9.17) is 0 Å². The zero-order valence-corrected chi connectivity index (χ0v) is 12.2. The summed E-state index contributed by atoms with van der Waals surface area (Å²) in [4.78, 5) is 5.34. The van der Waals surface area contributed by atoms with Crippen LogP contribution < -0.4 is 5.32 Å². The third-order valence-electron chi connectivity index (χ3n) is 2.75. The monoisotopic (exact) mass is 252 g/mol. The summed E-state index contributed by atoms with van der Waals surface area (Å²) >= 11 is 1.90. The number of hydrogen-bond donors (Lipinski definition) is 1. The van der Waals surface area contributed by atoms with Crippen molar-refractivity contribution in [1.82, 2.24) is 10.3 Å². The molecule has 0 aliphatic rings. The van der Waals surface area contributed by atoms with Crippen LogP contribution in [0.5, 0.6) is 0 Å². The lowest BCUT2D eigenvalue weighted by Crippen LogP contribution is -2.42. The van der Waals surface area contributed by atoms with Crippen molar-refractivity contribution in [2.75, 3.05) is 12.3 Å². The minimum Gasteiger partial charge on any atom is -0.313 e. The zero-order chi connectivity index (χ0) is 12.7. The lowest BCUT2D eigenvalue weighted by molar-refractivity contribution is 0.292. The topological polar surface area (TPSA) is 24.9 Å². The third-order valence-corrected chi connectivity index (χ3v) is 3.86. The standard InChI is InChI=1S/C14H24N2S/c1-5-8-16-13(14(2,3)4)11-17-12-6-9-15-10-7-12/h6-7,9-10,13,16H,5,8,11H2,1-4H3. The summed E-state index contributed by atoms with van der Waals surface area (Å²) in [6.45, 7) is 10.2. The number of thioether (sulfide) groups is 1. The van der Waals surface area contributed by atoms with E-state index in [-0.39, 0.29) is 0 Å². The first-order valence-electron chi connectivity index (χ1n) is 6.30. The summed E-state index contributed by atoms with van der Waals surface area (Å²) in [5.41, 5.74) is 0.301. The molecule has 1 atom stereocenters. The molecule has 0 bridgehead atoms. The molecule has 1 unspecified atom stereocenters. The molecule has 0 spiro atoms. The van der Waals surface area contributed by atoms with Gasteiger partial charge in [0, 0.05) is 29.1 Å². The van der Waals surface area contributed by atoms with E-state index in [1.165, 1.54) is 11.3 Å². The Labute approximate surface area is 110 Å². The van der Waals surface area contributed by atoms with E-state index in [2.05, 4.69) is 50.1 Å². The van der Waals surface area contributed by atoms with Crippen molar-refractivity contribution in [1.29, 1.82) is 0 Å². The van der Waals surface area contributed by atoms with E-state index in [0.29, 0.717) is 11.5 Å². The van der Waals surface area contributed by atoms with Crippen LogP contribution in [0.4, 0.5) is 0 Å². The molecule has 96 valence electrons. The fraction of sp³-hybridized carbons (Fsp3) is 0.643. The molecule has 1 aromatic heterocycles. The molecule has 0 amide bonds. The first-order valence-corrected chi connectivity index (χ1v) is 7.29. The van der Waals surface area contributed by atoms with Gasteiger partial charge in [0.1, 0.15) is 0 Å². The van der Waals surface area contributed by atoms with Crippen LogP contribution in [0, 0.1) is 5.41 Å². The van der Waals surface area contributed by atoms with Gasteiger partial charge in [-0.1, -0.05) is 27.7 Å². The van der Waals surface area contributed by atoms with Crippen LogP contribution >= 0.6 is 11.8 Å². The molecular formula is C14H24N2S. The third kappa shape index (κ3) is 5.55. The van der Waals surface area contributed by atoms with E-state index in [0.717, 1.165) is 12.3 Å². The Hall–Kier alpha value is -0.540. The molecule has 0 saturated heterocycles. The van der Waals surface area contributed by atoms with Crippen molar-refractivity contribution in [3.63, 3.8) is 0 Å². The van der Waals surface area contributed by atoms with Crippen LogP contribution in [0.25, 0.3) is 0 Å². The Morgan fingerprint density at radius 1 is 1.29 bits per heavy atom. The van der Waals surface area contributed by atoms with Crippen molar-refractivity contribution in [3.8, 4) is 0 Å². The van der Waals surface area contributed by atoms with Crippen LogP contribution in [0.1, 0.15) is 34.1 Å². The second kappa shape index (κ2) is 7.02. The average molecular weight is 252 g/mol. The molecule has 0 aromatic carbocycles. The molecule has 0 saturated carbocycles. The highest BCUT2D eigenvalue weighted by Gasteiger charge is 2.23. The van der Waals surface area contributed by atoms with E-state index in [9.17, 15) is 0 Å². The van der Waals surface area contributed by atoms with Crippen LogP contribution in [0.2, 0.25) is 0 Å². The van der Waals surface area contributed by atoms with Crippen LogP contribution in [-0.2, 0) is 0 Å². The molecule has 0 aliphatic carbocycles. The van der Waals surface area contributed by atoms with E-state index in [1.807, 2.05) is 24.2 Å². The molecule has 17 heavy (non-hydrogen) atoms. The molecule has 1 aromatic rings. The van der Waals surface area contributed by atoms with Gasteiger partial charge in [-0.05, 0) is 30.5 Å². The first kappa shape index (κ1) is 14.5. The van der Waals surface area contributed by atoms with Crippen molar-refractivity contribution >= 4 is 11.8 Å². The second-order valence-electron chi connectivity index (χ2n) is 5.37. The Balaban J connectivity index is 2.49. The zero-order valence-electron chi connectivity index (χ0n) is 11.4. The lowest BCUT2D eigenvalue weighted by Gasteiger charge is -2.31. The molecule has 1 heterocycles.